The number of aryl methyl sites for hydroxylation is 1. The van der Waals surface area contributed by atoms with Gasteiger partial charge in [-0.15, -0.1) is 0 Å². The number of benzene rings is 3. The summed E-state index contributed by atoms with van der Waals surface area (Å²) in [6.07, 6.45) is 1.72. The molecule has 1 N–H and O–H groups in total. The summed E-state index contributed by atoms with van der Waals surface area (Å²) in [6.45, 7) is 5.47. The van der Waals surface area contributed by atoms with Gasteiger partial charge in [-0.1, -0.05) is 59.1 Å². The van der Waals surface area contributed by atoms with E-state index in [0.29, 0.717) is 41.3 Å². The lowest BCUT2D eigenvalue weighted by Crippen LogP contribution is -2.07. The molecule has 0 heterocycles. The fourth-order valence-corrected chi connectivity index (χ4v) is 3.32. The Hall–Kier alpha value is -2.69. The van der Waals surface area contributed by atoms with E-state index < -0.39 is 0 Å². The van der Waals surface area contributed by atoms with Crippen molar-refractivity contribution in [1.82, 2.24) is 5.43 Å². The van der Waals surface area contributed by atoms with Crippen LogP contribution < -0.4 is 14.9 Å². The first-order valence-electron chi connectivity index (χ1n) is 9.71. The Kier molecular flexibility index (Phi) is 8.00. The predicted octanol–water partition coefficient (Wildman–Crippen LogP) is 6.40. The second-order valence-corrected chi connectivity index (χ2v) is 7.52. The van der Waals surface area contributed by atoms with Gasteiger partial charge in [0, 0.05) is 15.6 Å². The lowest BCUT2D eigenvalue weighted by Gasteiger charge is -2.13. The van der Waals surface area contributed by atoms with Crippen molar-refractivity contribution in [2.24, 2.45) is 5.10 Å². The summed E-state index contributed by atoms with van der Waals surface area (Å²) >= 11 is 12.3. The monoisotopic (exact) mass is 442 g/mol. The van der Waals surface area contributed by atoms with E-state index in [9.17, 15) is 0 Å². The highest BCUT2D eigenvalue weighted by Gasteiger charge is 2.07. The molecule has 3 aromatic carbocycles. The van der Waals surface area contributed by atoms with Crippen LogP contribution in [0.2, 0.25) is 10.0 Å². The molecule has 0 atom stereocenters. The zero-order chi connectivity index (χ0) is 21.3. The molecule has 156 valence electrons. The van der Waals surface area contributed by atoms with E-state index in [-0.39, 0.29) is 0 Å². The topological polar surface area (TPSA) is 42.8 Å². The van der Waals surface area contributed by atoms with Crippen LogP contribution in [0.4, 0.5) is 0 Å². The molecule has 0 bridgehead atoms. The Morgan fingerprint density at radius 1 is 0.933 bits per heavy atom. The van der Waals surface area contributed by atoms with Crippen molar-refractivity contribution in [2.45, 2.75) is 27.0 Å². The van der Waals surface area contributed by atoms with Gasteiger partial charge in [-0.2, -0.15) is 5.10 Å². The Morgan fingerprint density at radius 3 is 2.37 bits per heavy atom. The third-order valence-electron chi connectivity index (χ3n) is 4.40. The fourth-order valence-electron chi connectivity index (χ4n) is 2.78. The highest BCUT2D eigenvalue weighted by Crippen LogP contribution is 2.29. The molecule has 6 heteroatoms. The molecule has 0 aliphatic rings. The molecule has 0 spiro atoms. The number of hydrazone groups is 1. The van der Waals surface area contributed by atoms with Crippen molar-refractivity contribution in [3.63, 3.8) is 0 Å². The van der Waals surface area contributed by atoms with Crippen LogP contribution in [0.15, 0.2) is 65.8 Å². The molecule has 3 aromatic rings. The Morgan fingerprint density at radius 2 is 1.67 bits per heavy atom. The summed E-state index contributed by atoms with van der Waals surface area (Å²) in [6, 6.07) is 19.4. The van der Waals surface area contributed by atoms with Gasteiger partial charge in [0.1, 0.15) is 6.61 Å². The maximum atomic E-state index is 6.17. The largest absolute Gasteiger partial charge is 0.490 e. The van der Waals surface area contributed by atoms with Gasteiger partial charge in [0.2, 0.25) is 0 Å². The van der Waals surface area contributed by atoms with Crippen molar-refractivity contribution >= 4 is 29.4 Å². The van der Waals surface area contributed by atoms with Gasteiger partial charge < -0.3 is 14.9 Å². The molecule has 0 radical (unpaired) electrons. The normalized spacial score (nSPS) is 10.9. The second-order valence-electron chi connectivity index (χ2n) is 6.71. The number of halogens is 2. The maximum Gasteiger partial charge on any atom is 0.161 e. The van der Waals surface area contributed by atoms with Crippen molar-refractivity contribution < 1.29 is 9.47 Å². The minimum atomic E-state index is 0.436. The SMILES string of the molecule is CCOc1cc(/C=N/NCc2c(Cl)cccc2Cl)ccc1OCc1ccc(C)cc1. The van der Waals surface area contributed by atoms with Crippen molar-refractivity contribution in [3.05, 3.63) is 93.0 Å². The van der Waals surface area contributed by atoms with Crippen molar-refractivity contribution in [2.75, 3.05) is 6.61 Å². The first-order chi connectivity index (χ1) is 14.6. The molecule has 0 aliphatic heterocycles. The zero-order valence-corrected chi connectivity index (χ0v) is 18.5. The van der Waals surface area contributed by atoms with Crippen LogP contribution in [0.1, 0.15) is 29.2 Å². The molecule has 30 heavy (non-hydrogen) atoms. The molecular formula is C24H24Cl2N2O2. The van der Waals surface area contributed by atoms with Crippen molar-refractivity contribution in [1.29, 1.82) is 0 Å². The number of hydrogen-bond acceptors (Lipinski definition) is 4. The third-order valence-corrected chi connectivity index (χ3v) is 5.11. The standard InChI is InChI=1S/C24H24Cl2N2O2/c1-3-29-24-13-19(14-27-28-15-20-21(25)5-4-6-22(20)26)11-12-23(24)30-16-18-9-7-17(2)8-10-18/h4-14,28H,3,15-16H2,1-2H3/b27-14+. The lowest BCUT2D eigenvalue weighted by molar-refractivity contribution is 0.269. The number of nitrogens with zero attached hydrogens (tertiary/aromatic N) is 1. The molecule has 0 fully saturated rings. The first-order valence-corrected chi connectivity index (χ1v) is 10.5. The molecule has 0 unspecified atom stereocenters. The number of hydrogen-bond donors (Lipinski definition) is 1. The van der Waals surface area contributed by atoms with Crippen LogP contribution in [-0.2, 0) is 13.2 Å². The molecule has 0 aliphatic carbocycles. The van der Waals surface area contributed by atoms with E-state index in [4.69, 9.17) is 32.7 Å². The van der Waals surface area contributed by atoms with Gasteiger partial charge in [-0.3, -0.25) is 0 Å². The van der Waals surface area contributed by atoms with Gasteiger partial charge in [0.05, 0.1) is 19.4 Å². The predicted molar refractivity (Wildman–Crippen MR) is 124 cm³/mol. The van der Waals surface area contributed by atoms with Crippen LogP contribution >= 0.6 is 23.2 Å². The zero-order valence-electron chi connectivity index (χ0n) is 17.0. The van der Waals surface area contributed by atoms with E-state index in [1.165, 1.54) is 5.56 Å². The van der Waals surface area contributed by atoms with Crippen LogP contribution in [0.25, 0.3) is 0 Å². The Balaban J connectivity index is 1.63. The summed E-state index contributed by atoms with van der Waals surface area (Å²) in [5.74, 6) is 1.38. The molecule has 0 aromatic heterocycles. The molecule has 0 amide bonds. The van der Waals surface area contributed by atoms with Gasteiger partial charge in [-0.25, -0.2) is 0 Å². The lowest BCUT2D eigenvalue weighted by atomic mass is 10.2. The van der Waals surface area contributed by atoms with E-state index in [1.54, 1.807) is 18.3 Å². The molecule has 0 saturated carbocycles. The number of ether oxygens (including phenoxy) is 2. The summed E-state index contributed by atoms with van der Waals surface area (Å²) in [5.41, 5.74) is 7.01. The molecular weight excluding hydrogens is 419 g/mol. The van der Waals surface area contributed by atoms with Crippen LogP contribution in [0, 0.1) is 6.92 Å². The smallest absolute Gasteiger partial charge is 0.161 e. The Labute approximate surface area is 187 Å². The van der Waals surface area contributed by atoms with E-state index in [1.807, 2.05) is 31.2 Å². The summed E-state index contributed by atoms with van der Waals surface area (Å²) in [7, 11) is 0. The summed E-state index contributed by atoms with van der Waals surface area (Å²) < 4.78 is 11.7. The van der Waals surface area contributed by atoms with Gasteiger partial charge in [-0.05, 0) is 55.3 Å². The van der Waals surface area contributed by atoms with Gasteiger partial charge in [0.25, 0.3) is 0 Å². The van der Waals surface area contributed by atoms with Crippen LogP contribution in [0.3, 0.4) is 0 Å². The van der Waals surface area contributed by atoms with Crippen molar-refractivity contribution in [3.8, 4) is 11.5 Å². The molecule has 3 rings (SSSR count). The minimum absolute atomic E-state index is 0.436. The minimum Gasteiger partial charge on any atom is -0.490 e. The Bertz CT molecular complexity index is 984. The molecule has 0 saturated heterocycles. The van der Waals surface area contributed by atoms with E-state index >= 15 is 0 Å². The summed E-state index contributed by atoms with van der Waals surface area (Å²) in [5, 5.41) is 5.48. The van der Waals surface area contributed by atoms with E-state index in [0.717, 1.165) is 16.7 Å². The number of nitrogens with one attached hydrogen (secondary N) is 1. The van der Waals surface area contributed by atoms with Gasteiger partial charge >= 0.3 is 0 Å². The second kappa shape index (κ2) is 10.9. The average molecular weight is 443 g/mol. The highest BCUT2D eigenvalue weighted by molar-refractivity contribution is 6.35. The molecule has 4 nitrogen and oxygen atoms in total. The maximum absolute atomic E-state index is 6.17. The van der Waals surface area contributed by atoms with Crippen LogP contribution in [-0.4, -0.2) is 12.8 Å². The average Bonchev–Trinajstić information content (AvgIpc) is 2.73. The number of rotatable bonds is 9. The first kappa shape index (κ1) is 22.0. The van der Waals surface area contributed by atoms with E-state index in [2.05, 4.69) is 41.7 Å². The fraction of sp³-hybridized carbons (Fsp3) is 0.208. The van der Waals surface area contributed by atoms with Gasteiger partial charge in [0.15, 0.2) is 11.5 Å². The third kappa shape index (κ3) is 6.15. The quantitative estimate of drug-likeness (QED) is 0.307. The highest BCUT2D eigenvalue weighted by atomic mass is 35.5. The summed E-state index contributed by atoms with van der Waals surface area (Å²) in [4.78, 5) is 0. The van der Waals surface area contributed by atoms with Crippen LogP contribution in [0.5, 0.6) is 11.5 Å².